The number of thiocarbonyl (C=S) groups is 1. The van der Waals surface area contributed by atoms with E-state index >= 15 is 0 Å². The van der Waals surface area contributed by atoms with E-state index in [-0.39, 0.29) is 18.9 Å². The van der Waals surface area contributed by atoms with Crippen molar-refractivity contribution >= 4 is 52.2 Å². The molecule has 0 saturated carbocycles. The Kier molecular flexibility index (Phi) is 5.12. The number of benzene rings is 1. The summed E-state index contributed by atoms with van der Waals surface area (Å²) in [4.78, 5) is 38.7. The van der Waals surface area contributed by atoms with E-state index < -0.39 is 24.0 Å². The molecule has 1 aromatic carbocycles. The van der Waals surface area contributed by atoms with Gasteiger partial charge in [0.1, 0.15) is 4.32 Å². The number of thioether (sulfide) groups is 1. The number of rotatable bonds is 3. The smallest absolute Gasteiger partial charge is 0.265 e. The quantitative estimate of drug-likeness (QED) is 0.564. The first-order valence-corrected chi connectivity index (χ1v) is 9.02. The van der Waals surface area contributed by atoms with E-state index in [2.05, 4.69) is 0 Å². The molecule has 0 aromatic heterocycles. The maximum atomic E-state index is 12.5. The van der Waals surface area contributed by atoms with Crippen LogP contribution in [-0.4, -0.2) is 62.7 Å². The predicted octanol–water partition coefficient (Wildman–Crippen LogP) is -0.157. The van der Waals surface area contributed by atoms with Crippen molar-refractivity contribution in [2.75, 3.05) is 13.6 Å². The molecule has 9 heteroatoms. The largest absolute Gasteiger partial charge is 0.548 e. The van der Waals surface area contributed by atoms with E-state index in [1.807, 2.05) is 0 Å². The molecule has 2 aliphatic heterocycles. The van der Waals surface area contributed by atoms with Crippen LogP contribution in [0.4, 0.5) is 0 Å². The van der Waals surface area contributed by atoms with Crippen LogP contribution in [0.5, 0.6) is 0 Å². The highest BCUT2D eigenvalue weighted by atomic mass is 32.2. The molecule has 0 unspecified atom stereocenters. The Bertz CT molecular complexity index is 821. The van der Waals surface area contributed by atoms with Gasteiger partial charge in [-0.25, -0.2) is 0 Å². The minimum Gasteiger partial charge on any atom is -0.548 e. The number of likely N-dealkylation sites (N-methyl/N-ethyl adjacent to an activating group) is 1. The Morgan fingerprint density at radius 1 is 1.35 bits per heavy atom. The topological polar surface area (TPSA) is 101 Å². The second-order valence-electron chi connectivity index (χ2n) is 6.04. The summed E-state index contributed by atoms with van der Waals surface area (Å²) in [5, 5.41) is 20.8. The van der Waals surface area contributed by atoms with E-state index in [1.54, 1.807) is 37.4 Å². The van der Waals surface area contributed by atoms with Gasteiger partial charge < -0.3 is 19.9 Å². The first kappa shape index (κ1) is 18.6. The van der Waals surface area contributed by atoms with Crippen molar-refractivity contribution in [2.24, 2.45) is 0 Å². The van der Waals surface area contributed by atoms with E-state index in [4.69, 9.17) is 12.2 Å². The molecule has 2 heterocycles. The molecule has 2 saturated heterocycles. The molecule has 136 valence electrons. The Balaban J connectivity index is 1.78. The van der Waals surface area contributed by atoms with Crippen LogP contribution in [0.3, 0.4) is 0 Å². The molecule has 0 bridgehead atoms. The lowest BCUT2D eigenvalue weighted by Gasteiger charge is -2.25. The summed E-state index contributed by atoms with van der Waals surface area (Å²) in [6, 6.07) is 5.30. The molecule has 7 nitrogen and oxygen atoms in total. The minimum absolute atomic E-state index is 0.0367. The fourth-order valence-electron chi connectivity index (χ4n) is 2.85. The summed E-state index contributed by atoms with van der Waals surface area (Å²) >= 11 is 6.28. The molecule has 2 amide bonds. The van der Waals surface area contributed by atoms with Gasteiger partial charge in [-0.05, 0) is 23.8 Å². The first-order chi connectivity index (χ1) is 12.3. The number of hydrogen-bond acceptors (Lipinski definition) is 7. The number of carboxylic acids is 1. The number of aliphatic hydroxyl groups is 1. The van der Waals surface area contributed by atoms with Gasteiger partial charge in [0.25, 0.3) is 11.8 Å². The molecule has 1 aromatic rings. The van der Waals surface area contributed by atoms with Crippen molar-refractivity contribution in [3.8, 4) is 0 Å². The van der Waals surface area contributed by atoms with Crippen LogP contribution in [0.2, 0.25) is 0 Å². The normalized spacial score (nSPS) is 24.6. The van der Waals surface area contributed by atoms with Crippen molar-refractivity contribution in [3.05, 3.63) is 40.3 Å². The fourth-order valence-corrected chi connectivity index (χ4v) is 4.03. The maximum absolute atomic E-state index is 12.5. The van der Waals surface area contributed by atoms with Crippen LogP contribution in [-0.2, 0) is 9.59 Å². The van der Waals surface area contributed by atoms with Crippen LogP contribution < -0.4 is 5.11 Å². The molecule has 2 aliphatic rings. The van der Waals surface area contributed by atoms with Gasteiger partial charge in [0.05, 0.1) is 23.0 Å². The number of hydrogen-bond donors (Lipinski definition) is 1. The average molecular weight is 391 g/mol. The Labute approximate surface area is 159 Å². The Morgan fingerprint density at radius 3 is 2.54 bits per heavy atom. The van der Waals surface area contributed by atoms with Gasteiger partial charge in [-0.2, -0.15) is 0 Å². The number of likely N-dealkylation sites (tertiary alicyclic amines) is 1. The molecule has 2 atom stereocenters. The molecule has 0 radical (unpaired) electrons. The summed E-state index contributed by atoms with van der Waals surface area (Å²) in [7, 11) is 1.61. The lowest BCUT2D eigenvalue weighted by molar-refractivity contribution is -0.310. The summed E-state index contributed by atoms with van der Waals surface area (Å²) in [6.45, 7) is -0.0434. The molecular formula is C17H15N2O5S2-. The van der Waals surface area contributed by atoms with Gasteiger partial charge in [-0.3, -0.25) is 14.5 Å². The van der Waals surface area contributed by atoms with Crippen molar-refractivity contribution in [1.29, 1.82) is 0 Å². The summed E-state index contributed by atoms with van der Waals surface area (Å²) in [6.07, 6.45) is 0.767. The number of amides is 2. The van der Waals surface area contributed by atoms with Crippen molar-refractivity contribution in [1.82, 2.24) is 9.80 Å². The lowest BCUT2D eigenvalue weighted by atomic mass is 10.1. The van der Waals surface area contributed by atoms with Gasteiger partial charge in [0.2, 0.25) is 0 Å². The highest BCUT2D eigenvalue weighted by molar-refractivity contribution is 8.26. The number of carbonyl (C=O) groups is 3. The molecule has 0 aliphatic carbocycles. The highest BCUT2D eigenvalue weighted by Gasteiger charge is 2.35. The van der Waals surface area contributed by atoms with Gasteiger partial charge in [0.15, 0.2) is 0 Å². The van der Waals surface area contributed by atoms with E-state index in [0.29, 0.717) is 20.4 Å². The van der Waals surface area contributed by atoms with E-state index in [9.17, 15) is 24.6 Å². The van der Waals surface area contributed by atoms with Gasteiger partial charge >= 0.3 is 0 Å². The highest BCUT2D eigenvalue weighted by Crippen LogP contribution is 2.31. The minimum atomic E-state index is -1.38. The zero-order valence-electron chi connectivity index (χ0n) is 13.7. The Morgan fingerprint density at radius 2 is 2.00 bits per heavy atom. The summed E-state index contributed by atoms with van der Waals surface area (Å²) in [5.74, 6) is -2.04. The van der Waals surface area contributed by atoms with Crippen LogP contribution >= 0.6 is 24.0 Å². The third-order valence-corrected chi connectivity index (χ3v) is 5.74. The zero-order chi connectivity index (χ0) is 19.0. The fraction of sp³-hybridized carbons (Fsp3) is 0.294. The standard InChI is InChI=1S/C17H16N2O5S2/c1-18-15(22)13(26-17(18)25)6-9-2-4-10(5-3-9)14(21)19-8-11(20)7-12(19)16(23)24/h2-6,11-12,20H,7-8H2,1H3,(H,23,24)/p-1/b13-6+/t11-,12+/m1/s1. The second kappa shape index (κ2) is 7.18. The number of carboxylic acid groups (broad SMARTS) is 1. The SMILES string of the molecule is CN1C(=O)/C(=C\c2ccc(C(=O)N3C[C@H](O)C[C@H]3C(=O)[O-])cc2)SC1=S. The number of β-amino-alcohol motifs (C(OH)–C–C–N with tert-alkyl or cyclic N) is 1. The van der Waals surface area contributed by atoms with E-state index in [1.165, 1.54) is 16.7 Å². The third-order valence-electron chi connectivity index (χ3n) is 4.25. The number of aliphatic carboxylic acids is 1. The van der Waals surface area contributed by atoms with Crippen molar-refractivity contribution in [2.45, 2.75) is 18.6 Å². The van der Waals surface area contributed by atoms with Crippen molar-refractivity contribution in [3.63, 3.8) is 0 Å². The van der Waals surface area contributed by atoms with Crippen molar-refractivity contribution < 1.29 is 24.6 Å². The van der Waals surface area contributed by atoms with Crippen LogP contribution in [0.25, 0.3) is 6.08 Å². The molecule has 2 fully saturated rings. The number of nitrogens with zero attached hydrogens (tertiary/aromatic N) is 2. The second-order valence-corrected chi connectivity index (χ2v) is 7.72. The van der Waals surface area contributed by atoms with Crippen LogP contribution in [0.15, 0.2) is 29.2 Å². The maximum Gasteiger partial charge on any atom is 0.265 e. The van der Waals surface area contributed by atoms with Gasteiger partial charge in [0, 0.05) is 25.6 Å². The molecule has 0 spiro atoms. The van der Waals surface area contributed by atoms with Gasteiger partial charge in [-0.1, -0.05) is 36.1 Å². The van der Waals surface area contributed by atoms with Gasteiger partial charge in [-0.15, -0.1) is 0 Å². The van der Waals surface area contributed by atoms with Crippen LogP contribution in [0, 0.1) is 0 Å². The zero-order valence-corrected chi connectivity index (χ0v) is 15.4. The summed E-state index contributed by atoms with van der Waals surface area (Å²) in [5.41, 5.74) is 1.01. The first-order valence-electron chi connectivity index (χ1n) is 7.79. The lowest BCUT2D eigenvalue weighted by Crippen LogP contribution is -2.47. The number of carbonyl (C=O) groups excluding carboxylic acids is 3. The summed E-state index contributed by atoms with van der Waals surface area (Å²) < 4.78 is 0.481. The molecular weight excluding hydrogens is 376 g/mol. The van der Waals surface area contributed by atoms with Crippen LogP contribution in [0.1, 0.15) is 22.3 Å². The molecule has 3 rings (SSSR count). The molecule has 26 heavy (non-hydrogen) atoms. The number of aliphatic hydroxyl groups excluding tert-OH is 1. The third kappa shape index (κ3) is 3.50. The Hall–Kier alpha value is -2.23. The molecule has 1 N–H and O–H groups in total. The van der Waals surface area contributed by atoms with E-state index in [0.717, 1.165) is 4.90 Å². The monoisotopic (exact) mass is 391 g/mol. The predicted molar refractivity (Wildman–Crippen MR) is 97.8 cm³/mol. The average Bonchev–Trinajstić information content (AvgIpc) is 3.11.